The number of aromatic nitrogens is 1. The minimum atomic E-state index is -0.0749. The number of nitrogens with zero attached hydrogens (tertiary/aromatic N) is 1. The second kappa shape index (κ2) is 8.99. The monoisotopic (exact) mass is 410 g/mol. The molecule has 1 atom stereocenters. The van der Waals surface area contributed by atoms with Gasteiger partial charge in [-0.2, -0.15) is 0 Å². The van der Waals surface area contributed by atoms with Gasteiger partial charge in [0.15, 0.2) is 0 Å². The van der Waals surface area contributed by atoms with Crippen LogP contribution in [-0.4, -0.2) is 36.4 Å². The molecule has 1 fully saturated rings. The molecule has 0 radical (unpaired) electrons. The Morgan fingerprint density at radius 3 is 2.75 bits per heavy atom. The summed E-state index contributed by atoms with van der Waals surface area (Å²) in [6.45, 7) is 1.33. The average molecular weight is 411 g/mol. The highest BCUT2D eigenvalue weighted by Gasteiger charge is 2.19. The fourth-order valence-corrected chi connectivity index (χ4v) is 5.03. The van der Waals surface area contributed by atoms with Gasteiger partial charge in [-0.1, -0.05) is 42.1 Å². The summed E-state index contributed by atoms with van der Waals surface area (Å²) in [6, 6.07) is 17.9. The van der Waals surface area contributed by atoms with Crippen molar-refractivity contribution in [3.8, 4) is 0 Å². The lowest BCUT2D eigenvalue weighted by Gasteiger charge is -2.13. The van der Waals surface area contributed by atoms with E-state index in [0.717, 1.165) is 40.3 Å². The molecule has 1 aromatic heterocycles. The number of pyridine rings is 1. The minimum absolute atomic E-state index is 0.0749. The molecule has 6 heteroatoms. The van der Waals surface area contributed by atoms with Gasteiger partial charge in [-0.05, 0) is 43.4 Å². The summed E-state index contributed by atoms with van der Waals surface area (Å²) < 4.78 is 5.62. The van der Waals surface area contributed by atoms with E-state index < -0.39 is 0 Å². The summed E-state index contributed by atoms with van der Waals surface area (Å²) in [6.07, 6.45) is 4.26. The summed E-state index contributed by atoms with van der Waals surface area (Å²) in [4.78, 5) is 20.1. The number of benzene rings is 2. The van der Waals surface area contributed by atoms with E-state index in [1.165, 1.54) is 4.90 Å². The van der Waals surface area contributed by atoms with Crippen molar-refractivity contribution in [3.63, 3.8) is 0 Å². The van der Waals surface area contributed by atoms with E-state index in [1.54, 1.807) is 23.5 Å². The van der Waals surface area contributed by atoms with E-state index in [4.69, 9.17) is 9.72 Å². The molecule has 0 saturated carbocycles. The molecule has 3 aromatic rings. The first-order valence-corrected chi connectivity index (χ1v) is 11.4. The first-order chi connectivity index (χ1) is 13.7. The maximum atomic E-state index is 12.9. The number of fused-ring (bicyclic) bond motifs is 1. The summed E-state index contributed by atoms with van der Waals surface area (Å²) in [7, 11) is 0. The molecule has 1 aliphatic heterocycles. The molecule has 0 bridgehead atoms. The smallest absolute Gasteiger partial charge is 0.252 e. The zero-order valence-corrected chi connectivity index (χ0v) is 17.3. The molecule has 1 amide bonds. The molecule has 1 N–H and O–H groups in total. The van der Waals surface area contributed by atoms with Gasteiger partial charge < -0.3 is 10.1 Å². The Hall–Kier alpha value is -2.02. The second-order valence-corrected chi connectivity index (χ2v) is 8.53. The number of carbonyl (C=O) groups is 1. The molecule has 2 heterocycles. The number of amides is 1. The Morgan fingerprint density at radius 2 is 1.96 bits per heavy atom. The van der Waals surface area contributed by atoms with Gasteiger partial charge in [-0.15, -0.1) is 11.8 Å². The predicted octanol–water partition coefficient (Wildman–Crippen LogP) is 5.02. The van der Waals surface area contributed by atoms with E-state index in [0.29, 0.717) is 12.1 Å². The largest absolute Gasteiger partial charge is 0.376 e. The fourth-order valence-electron chi connectivity index (χ4n) is 3.31. The van der Waals surface area contributed by atoms with Crippen LogP contribution in [0.4, 0.5) is 0 Å². The number of thioether (sulfide) groups is 1. The SMILES string of the molecule is CSc1ccccc1Sc1cc(C(=O)NCC2CCCO2)c2ccccc2n1. The Balaban J connectivity index is 1.64. The van der Waals surface area contributed by atoms with E-state index >= 15 is 0 Å². The molecule has 144 valence electrons. The van der Waals surface area contributed by atoms with Crippen molar-refractivity contribution >= 4 is 40.3 Å². The summed E-state index contributed by atoms with van der Waals surface area (Å²) in [5, 5.41) is 4.73. The lowest BCUT2D eigenvalue weighted by Crippen LogP contribution is -2.31. The lowest BCUT2D eigenvalue weighted by molar-refractivity contribution is 0.0859. The van der Waals surface area contributed by atoms with E-state index in [1.807, 2.05) is 42.5 Å². The molecular formula is C22H22N2O2S2. The normalized spacial score (nSPS) is 16.4. The average Bonchev–Trinajstić information content (AvgIpc) is 3.25. The van der Waals surface area contributed by atoms with Crippen LogP contribution in [0.15, 0.2) is 69.4 Å². The van der Waals surface area contributed by atoms with Crippen LogP contribution in [0.2, 0.25) is 0 Å². The molecular weight excluding hydrogens is 388 g/mol. The number of carbonyl (C=O) groups excluding carboxylic acids is 1. The lowest BCUT2D eigenvalue weighted by atomic mass is 10.1. The van der Waals surface area contributed by atoms with Crippen LogP contribution >= 0.6 is 23.5 Å². The highest BCUT2D eigenvalue weighted by molar-refractivity contribution is 8.02. The second-order valence-electron chi connectivity index (χ2n) is 6.62. The molecule has 0 aliphatic carbocycles. The first kappa shape index (κ1) is 19.3. The Labute approximate surface area is 173 Å². The quantitative estimate of drug-likeness (QED) is 0.579. The maximum Gasteiger partial charge on any atom is 0.252 e. The predicted molar refractivity (Wildman–Crippen MR) is 115 cm³/mol. The van der Waals surface area contributed by atoms with Gasteiger partial charge in [-0.25, -0.2) is 4.98 Å². The molecule has 1 saturated heterocycles. The van der Waals surface area contributed by atoms with Gasteiger partial charge >= 0.3 is 0 Å². The van der Waals surface area contributed by atoms with Crippen molar-refractivity contribution < 1.29 is 9.53 Å². The topological polar surface area (TPSA) is 51.2 Å². The zero-order valence-electron chi connectivity index (χ0n) is 15.7. The standard InChI is InChI=1S/C22H22N2O2S2/c1-27-19-10-4-5-11-20(19)28-21-13-17(16-8-2-3-9-18(16)24-21)22(25)23-14-15-7-6-12-26-15/h2-5,8-11,13,15H,6-7,12,14H2,1H3,(H,23,25). The molecule has 1 unspecified atom stereocenters. The third-order valence-electron chi connectivity index (χ3n) is 4.74. The van der Waals surface area contributed by atoms with Crippen LogP contribution < -0.4 is 5.32 Å². The molecule has 1 aliphatic rings. The number of ether oxygens (including phenoxy) is 1. The minimum Gasteiger partial charge on any atom is -0.376 e. The Morgan fingerprint density at radius 1 is 1.18 bits per heavy atom. The highest BCUT2D eigenvalue weighted by Crippen LogP contribution is 2.35. The van der Waals surface area contributed by atoms with Gasteiger partial charge in [0.1, 0.15) is 5.03 Å². The van der Waals surface area contributed by atoms with Crippen LogP contribution in [0, 0.1) is 0 Å². The molecule has 4 nitrogen and oxygen atoms in total. The summed E-state index contributed by atoms with van der Waals surface area (Å²) in [5.41, 5.74) is 1.49. The fraction of sp³-hybridized carbons (Fsp3) is 0.273. The Kier molecular flexibility index (Phi) is 6.20. The van der Waals surface area contributed by atoms with Gasteiger partial charge in [-0.3, -0.25) is 4.79 Å². The Bertz CT molecular complexity index is 987. The van der Waals surface area contributed by atoms with Crippen molar-refractivity contribution in [1.29, 1.82) is 0 Å². The van der Waals surface area contributed by atoms with Crippen LogP contribution in [-0.2, 0) is 4.74 Å². The third kappa shape index (κ3) is 4.35. The van der Waals surface area contributed by atoms with Gasteiger partial charge in [0, 0.05) is 28.3 Å². The first-order valence-electron chi connectivity index (χ1n) is 9.35. The molecule has 4 rings (SSSR count). The number of hydrogen-bond acceptors (Lipinski definition) is 5. The van der Waals surface area contributed by atoms with Crippen molar-refractivity contribution in [2.45, 2.75) is 33.8 Å². The van der Waals surface area contributed by atoms with Crippen molar-refractivity contribution in [2.75, 3.05) is 19.4 Å². The number of nitrogens with one attached hydrogen (secondary N) is 1. The molecule has 28 heavy (non-hydrogen) atoms. The maximum absolute atomic E-state index is 12.9. The van der Waals surface area contributed by atoms with Crippen molar-refractivity contribution in [2.24, 2.45) is 0 Å². The van der Waals surface area contributed by atoms with Gasteiger partial charge in [0.05, 0.1) is 17.2 Å². The van der Waals surface area contributed by atoms with Crippen LogP contribution in [0.3, 0.4) is 0 Å². The summed E-state index contributed by atoms with van der Waals surface area (Å²) in [5.74, 6) is -0.0749. The molecule has 0 spiro atoms. The van der Waals surface area contributed by atoms with Crippen LogP contribution in [0.5, 0.6) is 0 Å². The van der Waals surface area contributed by atoms with Crippen molar-refractivity contribution in [1.82, 2.24) is 10.3 Å². The van der Waals surface area contributed by atoms with E-state index in [9.17, 15) is 4.79 Å². The third-order valence-corrected chi connectivity index (χ3v) is 6.65. The van der Waals surface area contributed by atoms with Crippen LogP contribution in [0.1, 0.15) is 23.2 Å². The summed E-state index contributed by atoms with van der Waals surface area (Å²) >= 11 is 3.30. The number of hydrogen-bond donors (Lipinski definition) is 1. The van der Waals surface area contributed by atoms with Gasteiger partial charge in [0.25, 0.3) is 5.91 Å². The van der Waals surface area contributed by atoms with Crippen molar-refractivity contribution in [3.05, 3.63) is 60.2 Å². The zero-order chi connectivity index (χ0) is 19.3. The number of para-hydroxylation sites is 1. The molecule has 2 aromatic carbocycles. The highest BCUT2D eigenvalue weighted by atomic mass is 32.2. The van der Waals surface area contributed by atoms with Gasteiger partial charge in [0.2, 0.25) is 0 Å². The van der Waals surface area contributed by atoms with Crippen LogP contribution in [0.25, 0.3) is 10.9 Å². The van der Waals surface area contributed by atoms with E-state index in [-0.39, 0.29) is 12.0 Å². The number of rotatable bonds is 6. The van der Waals surface area contributed by atoms with E-state index in [2.05, 4.69) is 23.7 Å².